The summed E-state index contributed by atoms with van der Waals surface area (Å²) in [6, 6.07) is -0.690. The Morgan fingerprint density at radius 1 is 1.03 bits per heavy atom. The van der Waals surface area contributed by atoms with Crippen LogP contribution in [0.1, 0.15) is 77.4 Å². The van der Waals surface area contributed by atoms with E-state index >= 15 is 0 Å². The Labute approximate surface area is 220 Å². The summed E-state index contributed by atoms with van der Waals surface area (Å²) in [6.07, 6.45) is 1.73. The second-order valence-corrected chi connectivity index (χ2v) is 10.4. The van der Waals surface area contributed by atoms with Crippen molar-refractivity contribution < 1.29 is 32.7 Å². The molecule has 0 aromatic carbocycles. The fourth-order valence-corrected chi connectivity index (χ4v) is 5.32. The van der Waals surface area contributed by atoms with E-state index in [1.54, 1.807) is 0 Å². The molecule has 2 fully saturated rings. The minimum Gasteiger partial charge on any atom is -0.481 e. The van der Waals surface area contributed by atoms with Crippen LogP contribution in [0.4, 0.5) is 13.2 Å². The van der Waals surface area contributed by atoms with Crippen LogP contribution in [0, 0.1) is 11.8 Å². The number of aliphatic carboxylic acids is 1. The largest absolute Gasteiger partial charge is 0.481 e. The average Bonchev–Trinajstić information content (AvgIpc) is 3.55. The molecule has 0 saturated heterocycles. The van der Waals surface area contributed by atoms with Gasteiger partial charge in [0.25, 0.3) is 5.91 Å². The summed E-state index contributed by atoms with van der Waals surface area (Å²) < 4.78 is 43.5. The van der Waals surface area contributed by atoms with Crippen molar-refractivity contribution in [3.63, 3.8) is 0 Å². The lowest BCUT2D eigenvalue weighted by Crippen LogP contribution is -2.38. The van der Waals surface area contributed by atoms with E-state index in [0.717, 1.165) is 28.6 Å². The molecule has 0 spiro atoms. The number of alkyl halides is 3. The van der Waals surface area contributed by atoms with Crippen LogP contribution < -0.4 is 0 Å². The van der Waals surface area contributed by atoms with Gasteiger partial charge in [-0.15, -0.1) is 0 Å². The van der Waals surface area contributed by atoms with Crippen molar-refractivity contribution in [2.45, 2.75) is 57.2 Å². The van der Waals surface area contributed by atoms with Crippen LogP contribution >= 0.6 is 23.2 Å². The fraction of sp³-hybridized carbons (Fsp3) is 0.542. The number of halogens is 5. The minimum absolute atomic E-state index is 0.0205. The molecule has 2 aliphatic carbocycles. The van der Waals surface area contributed by atoms with Gasteiger partial charge in [0, 0.05) is 18.9 Å². The quantitative estimate of drug-likeness (QED) is 0.403. The third kappa shape index (κ3) is 6.26. The number of ketones is 1. The number of carbonyl (C=O) groups is 3. The lowest BCUT2D eigenvalue weighted by Gasteiger charge is -2.28. The second-order valence-electron chi connectivity index (χ2n) is 9.55. The van der Waals surface area contributed by atoms with Crippen molar-refractivity contribution in [1.82, 2.24) is 19.7 Å². The van der Waals surface area contributed by atoms with Crippen molar-refractivity contribution in [3.05, 3.63) is 45.5 Å². The maximum absolute atomic E-state index is 14.2. The van der Waals surface area contributed by atoms with Gasteiger partial charge in [-0.1, -0.05) is 36.0 Å². The van der Waals surface area contributed by atoms with Crippen LogP contribution in [0.25, 0.3) is 0 Å². The van der Waals surface area contributed by atoms with Crippen LogP contribution in [-0.4, -0.2) is 55.5 Å². The fourth-order valence-electron chi connectivity index (χ4n) is 4.74. The summed E-state index contributed by atoms with van der Waals surface area (Å²) in [5, 5.41) is 13.1. The van der Waals surface area contributed by atoms with E-state index < -0.39 is 53.6 Å². The van der Waals surface area contributed by atoms with Crippen molar-refractivity contribution in [3.8, 4) is 0 Å². The molecular weight excluding hydrogens is 536 g/mol. The van der Waals surface area contributed by atoms with Crippen molar-refractivity contribution in [1.29, 1.82) is 0 Å². The van der Waals surface area contributed by atoms with Crippen LogP contribution in [0.15, 0.2) is 18.6 Å². The number of amides is 1. The number of hydrogen-bond acceptors (Lipinski definition) is 5. The lowest BCUT2D eigenvalue weighted by molar-refractivity contribution is -0.147. The molecule has 37 heavy (non-hydrogen) atoms. The van der Waals surface area contributed by atoms with Gasteiger partial charge in [0.05, 0.1) is 45.9 Å². The van der Waals surface area contributed by atoms with Crippen LogP contribution in [0.5, 0.6) is 0 Å². The SMILES string of the molecule is O=C(CN(CCC1CC1)C(=O)c1cnn([C@H]2CC[C@H](C(=O)O)CC2)c1C(F)(F)F)c1c(Cl)cncc1Cl. The molecule has 200 valence electrons. The zero-order chi connectivity index (χ0) is 26.9. The molecule has 0 radical (unpaired) electrons. The number of carboxylic acid groups (broad SMARTS) is 1. The topological polar surface area (TPSA) is 105 Å². The number of nitrogens with zero attached hydrogens (tertiary/aromatic N) is 4. The first-order chi connectivity index (χ1) is 17.5. The predicted octanol–water partition coefficient (Wildman–Crippen LogP) is 5.54. The minimum atomic E-state index is -4.89. The number of aromatic nitrogens is 3. The molecule has 2 saturated carbocycles. The molecule has 2 heterocycles. The highest BCUT2D eigenvalue weighted by atomic mass is 35.5. The Balaban J connectivity index is 1.62. The number of rotatable bonds is 9. The van der Waals surface area contributed by atoms with Gasteiger partial charge in [-0.05, 0) is 38.0 Å². The highest BCUT2D eigenvalue weighted by Gasteiger charge is 2.43. The van der Waals surface area contributed by atoms with Crippen LogP contribution in [0.3, 0.4) is 0 Å². The molecule has 0 bridgehead atoms. The van der Waals surface area contributed by atoms with E-state index in [1.165, 1.54) is 12.4 Å². The number of Topliss-reactive ketones (excluding diaryl/α,β-unsaturated/α-hetero) is 1. The maximum Gasteiger partial charge on any atom is 0.433 e. The number of carbonyl (C=O) groups excluding carboxylic acids is 2. The molecule has 2 aromatic heterocycles. The molecule has 0 unspecified atom stereocenters. The van der Waals surface area contributed by atoms with Gasteiger partial charge >= 0.3 is 12.1 Å². The van der Waals surface area contributed by atoms with E-state index in [0.29, 0.717) is 12.3 Å². The summed E-state index contributed by atoms with van der Waals surface area (Å²) >= 11 is 12.2. The molecule has 1 amide bonds. The van der Waals surface area contributed by atoms with Gasteiger partial charge in [-0.2, -0.15) is 18.3 Å². The molecule has 2 aliphatic rings. The van der Waals surface area contributed by atoms with Crippen molar-refractivity contribution >= 4 is 40.9 Å². The first-order valence-corrected chi connectivity index (χ1v) is 12.7. The molecule has 0 atom stereocenters. The molecule has 4 rings (SSSR count). The van der Waals surface area contributed by atoms with Crippen LogP contribution in [0.2, 0.25) is 10.0 Å². The third-order valence-corrected chi connectivity index (χ3v) is 7.52. The molecular formula is C24H25Cl2F3N4O4. The zero-order valence-corrected chi connectivity index (χ0v) is 21.2. The lowest BCUT2D eigenvalue weighted by atomic mass is 9.86. The Kier molecular flexibility index (Phi) is 8.13. The van der Waals surface area contributed by atoms with Gasteiger partial charge in [0.1, 0.15) is 0 Å². The molecule has 13 heteroatoms. The van der Waals surface area contributed by atoms with Gasteiger partial charge in [-0.3, -0.25) is 24.0 Å². The Morgan fingerprint density at radius 3 is 2.19 bits per heavy atom. The van der Waals surface area contributed by atoms with E-state index in [2.05, 4.69) is 10.1 Å². The normalized spacial score (nSPS) is 20.0. The summed E-state index contributed by atoms with van der Waals surface area (Å²) in [4.78, 5) is 42.6. The number of pyridine rings is 1. The number of carboxylic acids is 1. The third-order valence-electron chi connectivity index (χ3n) is 6.94. The van der Waals surface area contributed by atoms with E-state index in [4.69, 9.17) is 23.2 Å². The van der Waals surface area contributed by atoms with Crippen molar-refractivity contribution in [2.75, 3.05) is 13.1 Å². The Hall–Kier alpha value is -2.66. The van der Waals surface area contributed by atoms with Crippen LogP contribution in [-0.2, 0) is 11.0 Å². The average molecular weight is 561 g/mol. The van der Waals surface area contributed by atoms with Gasteiger partial charge in [0.2, 0.25) is 0 Å². The summed E-state index contributed by atoms with van der Waals surface area (Å²) in [6.45, 7) is -0.428. The van der Waals surface area contributed by atoms with Gasteiger partial charge in [0.15, 0.2) is 11.5 Å². The maximum atomic E-state index is 14.2. The Bertz CT molecular complexity index is 1170. The van der Waals surface area contributed by atoms with Gasteiger partial charge in [-0.25, -0.2) is 0 Å². The highest BCUT2D eigenvalue weighted by molar-refractivity contribution is 6.39. The molecule has 2 aromatic rings. The molecule has 8 nitrogen and oxygen atoms in total. The predicted molar refractivity (Wildman–Crippen MR) is 128 cm³/mol. The van der Waals surface area contributed by atoms with E-state index in [9.17, 15) is 32.7 Å². The summed E-state index contributed by atoms with van der Waals surface area (Å²) in [5.74, 6) is -2.82. The smallest absolute Gasteiger partial charge is 0.433 e. The monoisotopic (exact) mass is 560 g/mol. The molecule has 0 aliphatic heterocycles. The zero-order valence-electron chi connectivity index (χ0n) is 19.7. The van der Waals surface area contributed by atoms with Gasteiger partial charge < -0.3 is 10.0 Å². The van der Waals surface area contributed by atoms with E-state index in [-0.39, 0.29) is 47.8 Å². The van der Waals surface area contributed by atoms with Crippen molar-refractivity contribution in [2.24, 2.45) is 11.8 Å². The highest BCUT2D eigenvalue weighted by Crippen LogP contribution is 2.39. The van der Waals surface area contributed by atoms with E-state index in [1.807, 2.05) is 0 Å². The second kappa shape index (κ2) is 11.0. The summed E-state index contributed by atoms with van der Waals surface area (Å²) in [5.41, 5.74) is -1.90. The first-order valence-electron chi connectivity index (χ1n) is 12.0. The Morgan fingerprint density at radius 2 is 1.65 bits per heavy atom. The standard InChI is InChI=1S/C24H25Cl2F3N4O4/c25-17-10-30-11-18(26)20(17)19(34)12-32(8-7-13-1-2-13)22(35)16-9-31-33(21(16)24(27,28)29)15-5-3-14(4-6-15)23(36)37/h9-11,13-15H,1-8,12H2,(H,36,37)/t14-,15-. The number of hydrogen-bond donors (Lipinski definition) is 1. The summed E-state index contributed by atoms with van der Waals surface area (Å²) in [7, 11) is 0. The first kappa shape index (κ1) is 27.4. The molecule has 1 N–H and O–H groups in total.